The molecule has 12 amide bonds. The van der Waals surface area contributed by atoms with Gasteiger partial charge in [-0.05, 0) is 66.6 Å². The number of carbonyl (C=O) groups excluding carboxylic acids is 12. The Hall–Kier alpha value is -11.1. The number of para-hydroxylation sites is 1. The summed E-state index contributed by atoms with van der Waals surface area (Å²) in [5, 5.41) is 74.7. The number of likely N-dealkylation sites (tertiary alicyclic amines) is 1. The number of benzene rings is 4. The van der Waals surface area contributed by atoms with Crippen LogP contribution in [0.5, 0.6) is 5.75 Å². The van der Waals surface area contributed by atoms with E-state index in [1.165, 1.54) is 24.3 Å². The summed E-state index contributed by atoms with van der Waals surface area (Å²) in [6, 6.07) is 10.9. The number of rotatable bonds is 40. The lowest BCUT2D eigenvalue weighted by Gasteiger charge is -2.31. The number of nitrogens with two attached hydrogens (primary N) is 2. The minimum Gasteiger partial charge on any atom is -0.508 e. The molecule has 5 aromatic rings. The van der Waals surface area contributed by atoms with Crippen LogP contribution in [0, 0.1) is 0 Å². The number of thiol groups is 2. The minimum absolute atomic E-state index is 0.00201. The lowest BCUT2D eigenvalue weighted by molar-refractivity contribution is -0.144. The monoisotopic (exact) mass is 1480 g/mol. The fourth-order valence-corrected chi connectivity index (χ4v) is 11.5. The van der Waals surface area contributed by atoms with E-state index in [-0.39, 0.29) is 55.0 Å². The zero-order valence-corrected chi connectivity index (χ0v) is 57.9. The number of hydrogen-bond donors (Lipinski definition) is 20. The lowest BCUT2D eigenvalue weighted by atomic mass is 10.0. The van der Waals surface area contributed by atoms with Crippen LogP contribution in [0.3, 0.4) is 0 Å². The van der Waals surface area contributed by atoms with E-state index in [2.05, 4.69) is 83.4 Å². The Morgan fingerprint density at radius 1 is 0.538 bits per heavy atom. The lowest BCUT2D eigenvalue weighted by Crippen LogP contribution is -2.62. The van der Waals surface area contributed by atoms with Crippen molar-refractivity contribution in [2.45, 2.75) is 144 Å². The first kappa shape index (κ1) is 81.9. The first-order valence-corrected chi connectivity index (χ1v) is 34.0. The molecular weight excluding hydrogens is 1400 g/mol. The van der Waals surface area contributed by atoms with Crippen LogP contribution in [0.2, 0.25) is 0 Å². The van der Waals surface area contributed by atoms with E-state index in [1.54, 1.807) is 91.1 Å². The van der Waals surface area contributed by atoms with Gasteiger partial charge >= 0.3 is 17.9 Å². The number of carboxylic acid groups (broad SMARTS) is 3. The number of fused-ring (bicyclic) bond motifs is 1. The number of phenolic OH excluding ortho intramolecular Hbond substituents is 1. The summed E-state index contributed by atoms with van der Waals surface area (Å²) >= 11 is 8.09. The Bertz CT molecular complexity index is 3910. The van der Waals surface area contributed by atoms with Crippen molar-refractivity contribution < 1.29 is 97.5 Å². The molecular formula is C68H84N14O20S2. The molecule has 2 heterocycles. The number of carbonyl (C=O) groups is 15. The largest absolute Gasteiger partial charge is 0.508 e. The average molecular weight is 1480 g/mol. The van der Waals surface area contributed by atoms with Crippen LogP contribution >= 0.6 is 25.3 Å². The Morgan fingerprint density at radius 2 is 1.04 bits per heavy atom. The van der Waals surface area contributed by atoms with E-state index in [1.807, 2.05) is 0 Å². The number of nitrogens with one attached hydrogen (secondary N) is 11. The second-order valence-electron chi connectivity index (χ2n) is 24.5. The molecule has 558 valence electrons. The van der Waals surface area contributed by atoms with E-state index < -0.39 is 200 Å². The number of amides is 12. The van der Waals surface area contributed by atoms with Gasteiger partial charge in [0, 0.05) is 67.3 Å². The van der Waals surface area contributed by atoms with Crippen molar-refractivity contribution in [2.75, 3.05) is 24.6 Å². The Labute approximate surface area is 605 Å². The van der Waals surface area contributed by atoms with Gasteiger partial charge in [-0.1, -0.05) is 91.0 Å². The van der Waals surface area contributed by atoms with Crippen molar-refractivity contribution in [3.8, 4) is 5.75 Å². The molecule has 0 radical (unpaired) electrons. The molecule has 0 saturated carbocycles. The highest BCUT2D eigenvalue weighted by Gasteiger charge is 2.42. The number of aliphatic hydroxyl groups is 1. The summed E-state index contributed by atoms with van der Waals surface area (Å²) < 4.78 is 0. The van der Waals surface area contributed by atoms with Crippen LogP contribution < -0.4 is 64.6 Å². The van der Waals surface area contributed by atoms with Crippen LogP contribution in [0.1, 0.15) is 67.7 Å². The summed E-state index contributed by atoms with van der Waals surface area (Å²) in [6.07, 6.45) is -4.34. The number of nitrogens with zero attached hydrogens (tertiary/aromatic N) is 1. The number of primary amides is 1. The first-order valence-electron chi connectivity index (χ1n) is 32.8. The third-order valence-corrected chi connectivity index (χ3v) is 17.3. The van der Waals surface area contributed by atoms with Gasteiger partial charge in [0.2, 0.25) is 70.9 Å². The van der Waals surface area contributed by atoms with Gasteiger partial charge in [-0.2, -0.15) is 25.3 Å². The van der Waals surface area contributed by atoms with Crippen LogP contribution in [0.15, 0.2) is 115 Å². The molecule has 36 heteroatoms. The number of aromatic nitrogens is 1. The fraction of sp³-hybridized carbons (Fsp3) is 0.397. The molecule has 0 bridgehead atoms. The van der Waals surface area contributed by atoms with Crippen molar-refractivity contribution in [3.63, 3.8) is 0 Å². The van der Waals surface area contributed by atoms with Gasteiger partial charge in [-0.25, -0.2) is 4.79 Å². The van der Waals surface area contributed by atoms with Gasteiger partial charge in [0.15, 0.2) is 0 Å². The van der Waals surface area contributed by atoms with Crippen molar-refractivity contribution in [2.24, 2.45) is 11.5 Å². The van der Waals surface area contributed by atoms with Gasteiger partial charge < -0.3 is 100 Å². The zero-order chi connectivity index (χ0) is 76.3. The maximum absolute atomic E-state index is 14.4. The molecule has 0 spiro atoms. The molecule has 4 aromatic carbocycles. The number of aromatic amines is 1. The van der Waals surface area contributed by atoms with E-state index >= 15 is 0 Å². The highest BCUT2D eigenvalue weighted by atomic mass is 32.1. The molecule has 1 aliphatic heterocycles. The predicted molar refractivity (Wildman–Crippen MR) is 377 cm³/mol. The summed E-state index contributed by atoms with van der Waals surface area (Å²) in [7, 11) is 0. The quantitative estimate of drug-likeness (QED) is 0.0169. The third kappa shape index (κ3) is 25.1. The Balaban J connectivity index is 1.18. The van der Waals surface area contributed by atoms with E-state index in [4.69, 9.17) is 11.5 Å². The molecule has 12 atom stereocenters. The molecule has 1 aromatic heterocycles. The number of hydrogen-bond acceptors (Lipinski definition) is 20. The molecule has 0 aliphatic carbocycles. The summed E-state index contributed by atoms with van der Waals surface area (Å²) in [6.45, 7) is 0.0597. The van der Waals surface area contributed by atoms with Crippen LogP contribution in [-0.4, -0.2) is 221 Å². The molecule has 1 saturated heterocycles. The molecule has 1 fully saturated rings. The predicted octanol–water partition coefficient (Wildman–Crippen LogP) is -3.52. The number of H-pyrrole nitrogens is 1. The topological polar surface area (TPSA) is 549 Å². The average Bonchev–Trinajstić information content (AvgIpc) is 1.52. The van der Waals surface area contributed by atoms with Crippen molar-refractivity contribution in [1.82, 2.24) is 63.1 Å². The standard InChI is InChI=1S/C68H84N14O20S2/c1-35(83)57(66(99)79-50(27-37-13-6-3-7-14-37)67(100)82-24-10-17-52(82)65(98)80-51(34-104)68(101)102)81-64(97)48(29-53(70)85)77-63(96)49(30-56(89)90)78-60(93)45(26-38-18-20-40(84)21-19-38)73-54(86)32-72-59(92)44(22-23-55(87)88)74-61(94)46(25-36-11-4-2-5-12-36)76-62(95)47(75-58(91)42(69)33-103)28-39-31-71-43-16-9-8-15-41(39)43/h2-9,11-16,18-21,31,35,42,44-52,57,71,83-84,103-104H,10,17,22-30,32-34,69H2,1H3,(H2,70,85)(H,72,92)(H,73,86)(H,74,94)(H,75,91)(H,76,95)(H,77,96)(H,78,93)(H,79,99)(H,80,98)(H,81,97)(H,87,88)(H,89,90)(H,101,102)/t35-,42+,44+,45+,46+,47+,48+,49+,50+,51+,52+,57+/m1/s1. The molecule has 0 unspecified atom stereocenters. The molecule has 20 N–H and O–H groups in total. The first-order chi connectivity index (χ1) is 49.4. The zero-order valence-electron chi connectivity index (χ0n) is 56.2. The molecule has 6 rings (SSSR count). The van der Waals surface area contributed by atoms with Crippen LogP contribution in [-0.2, 0) is 97.6 Å². The van der Waals surface area contributed by atoms with Crippen molar-refractivity contribution in [1.29, 1.82) is 0 Å². The van der Waals surface area contributed by atoms with Crippen molar-refractivity contribution in [3.05, 3.63) is 138 Å². The van der Waals surface area contributed by atoms with Crippen LogP contribution in [0.4, 0.5) is 0 Å². The minimum atomic E-state index is -2.17. The number of aliphatic carboxylic acids is 3. The molecule has 104 heavy (non-hydrogen) atoms. The SMILES string of the molecule is C[C@@H](O)[C@H](NC(=O)[C@H](CC(N)=O)NC(=O)[C@H](CC(=O)O)NC(=O)[C@H](Cc1ccc(O)cc1)NC(=O)CNC(=O)[C@H](CCC(=O)O)NC(=O)[C@H](Cc1ccccc1)NC(=O)[C@H](Cc1c[nH]c2ccccc12)NC(=O)[C@@H](N)CS)C(=O)N[C@@H](Cc1ccccc1)C(=O)N1CCC[C@H]1C(=O)N[C@@H](CS)C(=O)O. The van der Waals surface area contributed by atoms with Gasteiger partial charge in [0.05, 0.1) is 31.5 Å². The summed E-state index contributed by atoms with van der Waals surface area (Å²) in [4.78, 5) is 207. The summed E-state index contributed by atoms with van der Waals surface area (Å²) in [5.74, 6) is -18.2. The highest BCUT2D eigenvalue weighted by Crippen LogP contribution is 2.23. The Kier molecular flexibility index (Phi) is 31.4. The highest BCUT2D eigenvalue weighted by molar-refractivity contribution is 7.80. The number of aromatic hydroxyl groups is 1. The van der Waals surface area contributed by atoms with Gasteiger partial charge in [0.1, 0.15) is 66.2 Å². The van der Waals surface area contributed by atoms with Crippen LogP contribution in [0.25, 0.3) is 10.9 Å². The second-order valence-corrected chi connectivity index (χ2v) is 25.2. The van der Waals surface area contributed by atoms with Gasteiger partial charge in [0.25, 0.3) is 0 Å². The maximum atomic E-state index is 14.4. The number of phenols is 1. The Morgan fingerprint density at radius 3 is 1.60 bits per heavy atom. The van der Waals surface area contributed by atoms with Crippen molar-refractivity contribution >= 4 is 125 Å². The maximum Gasteiger partial charge on any atom is 0.327 e. The van der Waals surface area contributed by atoms with Gasteiger partial charge in [-0.3, -0.25) is 67.1 Å². The summed E-state index contributed by atoms with van der Waals surface area (Å²) in [5.41, 5.74) is 14.0. The molecule has 34 nitrogen and oxygen atoms in total. The number of aliphatic hydroxyl groups excluding tert-OH is 1. The van der Waals surface area contributed by atoms with E-state index in [9.17, 15) is 97.5 Å². The van der Waals surface area contributed by atoms with E-state index in [0.29, 0.717) is 23.1 Å². The van der Waals surface area contributed by atoms with Gasteiger partial charge in [-0.15, -0.1) is 0 Å². The smallest absolute Gasteiger partial charge is 0.327 e. The van der Waals surface area contributed by atoms with E-state index in [0.717, 1.165) is 22.7 Å². The fourth-order valence-electron chi connectivity index (χ4n) is 11.1. The third-order valence-electron chi connectivity index (χ3n) is 16.6. The second kappa shape index (κ2) is 39.9. The normalized spacial score (nSPS) is 15.7. The number of carboxylic acids is 3. The molecule has 1 aliphatic rings.